The van der Waals surface area contributed by atoms with E-state index in [9.17, 15) is 17.6 Å². The average molecular weight is 271 g/mol. The molecule has 1 saturated carbocycles. The number of benzene rings is 1. The fraction of sp³-hybridized carbons (Fsp3) is 0.417. The summed E-state index contributed by atoms with van der Waals surface area (Å²) in [5.74, 6) is -1.46. The molecule has 0 atom stereocenters. The van der Waals surface area contributed by atoms with Crippen molar-refractivity contribution >= 4 is 15.9 Å². The molecule has 1 N–H and O–H groups in total. The van der Waals surface area contributed by atoms with Crippen molar-refractivity contribution in [3.05, 3.63) is 35.1 Å². The van der Waals surface area contributed by atoms with Crippen LogP contribution in [0.3, 0.4) is 0 Å². The van der Waals surface area contributed by atoms with Crippen molar-refractivity contribution in [1.82, 2.24) is 4.72 Å². The minimum atomic E-state index is -3.67. The van der Waals surface area contributed by atoms with E-state index in [0.29, 0.717) is 5.92 Å². The lowest BCUT2D eigenvalue weighted by Crippen LogP contribution is -2.32. The smallest absolute Gasteiger partial charge is 0.267 e. The van der Waals surface area contributed by atoms with Gasteiger partial charge in [0.05, 0.1) is 11.3 Å². The summed E-state index contributed by atoms with van der Waals surface area (Å²) < 4.78 is 37.9. The van der Waals surface area contributed by atoms with E-state index >= 15 is 0 Å². The molecule has 0 saturated heterocycles. The van der Waals surface area contributed by atoms with E-state index in [2.05, 4.69) is 0 Å². The molecule has 0 aliphatic heterocycles. The van der Waals surface area contributed by atoms with Gasteiger partial charge >= 0.3 is 0 Å². The number of rotatable bonds is 4. The number of halogens is 1. The van der Waals surface area contributed by atoms with Gasteiger partial charge in [0.25, 0.3) is 5.91 Å². The zero-order valence-corrected chi connectivity index (χ0v) is 10.8. The number of carbonyl (C=O) groups excluding carboxylic acids is 1. The third kappa shape index (κ3) is 2.87. The van der Waals surface area contributed by atoms with Crippen molar-refractivity contribution in [2.24, 2.45) is 0 Å². The van der Waals surface area contributed by atoms with E-state index < -0.39 is 21.7 Å². The Balaban J connectivity index is 2.26. The first-order chi connectivity index (χ1) is 8.43. The van der Waals surface area contributed by atoms with E-state index in [1.54, 1.807) is 6.07 Å². The number of hydrogen-bond donors (Lipinski definition) is 1. The Morgan fingerprint density at radius 3 is 2.67 bits per heavy atom. The third-order valence-electron chi connectivity index (χ3n) is 2.91. The Bertz CT molecular complexity index is 579. The second kappa shape index (κ2) is 4.68. The first kappa shape index (κ1) is 13.0. The van der Waals surface area contributed by atoms with Gasteiger partial charge in [0.1, 0.15) is 5.82 Å². The summed E-state index contributed by atoms with van der Waals surface area (Å²) in [7, 11) is -3.67. The van der Waals surface area contributed by atoms with Crippen molar-refractivity contribution in [3.63, 3.8) is 0 Å². The van der Waals surface area contributed by atoms with Crippen LogP contribution in [0.1, 0.15) is 41.6 Å². The van der Waals surface area contributed by atoms with Crippen molar-refractivity contribution in [1.29, 1.82) is 0 Å². The number of hydrogen-bond acceptors (Lipinski definition) is 3. The molecule has 1 amide bonds. The Labute approximate surface area is 105 Å². The molecule has 1 aromatic carbocycles. The van der Waals surface area contributed by atoms with Crippen LogP contribution in [-0.4, -0.2) is 20.1 Å². The molecule has 0 aromatic heterocycles. The van der Waals surface area contributed by atoms with Crippen LogP contribution in [0, 0.1) is 5.82 Å². The number of sulfonamides is 1. The molecule has 4 nitrogen and oxygen atoms in total. The first-order valence-corrected chi connectivity index (χ1v) is 7.42. The quantitative estimate of drug-likeness (QED) is 0.908. The fourth-order valence-electron chi connectivity index (χ4n) is 1.66. The normalized spacial score (nSPS) is 15.4. The second-order valence-electron chi connectivity index (χ2n) is 4.35. The van der Waals surface area contributed by atoms with Crippen LogP contribution in [0.5, 0.6) is 0 Å². The Hall–Kier alpha value is -1.43. The van der Waals surface area contributed by atoms with Crippen LogP contribution in [0.15, 0.2) is 18.2 Å². The molecule has 1 fully saturated rings. The molecular formula is C12H14FNO3S. The monoisotopic (exact) mass is 271 g/mol. The van der Waals surface area contributed by atoms with Crippen LogP contribution < -0.4 is 4.72 Å². The standard InChI is InChI=1S/C12H14FNO3S/c1-2-18(16,17)14-12(15)10-7-9(8-3-4-8)5-6-11(10)13/h5-8H,2-4H2,1H3,(H,14,15). The van der Waals surface area contributed by atoms with Crippen molar-refractivity contribution in [2.75, 3.05) is 5.75 Å². The number of carbonyl (C=O) groups is 1. The van der Waals surface area contributed by atoms with E-state index in [0.717, 1.165) is 18.4 Å². The van der Waals surface area contributed by atoms with Gasteiger partial charge in [-0.1, -0.05) is 6.07 Å². The highest BCUT2D eigenvalue weighted by atomic mass is 32.2. The Morgan fingerprint density at radius 2 is 2.11 bits per heavy atom. The summed E-state index contributed by atoms with van der Waals surface area (Å²) in [5, 5.41) is 0. The maximum absolute atomic E-state index is 13.5. The Kier molecular flexibility index (Phi) is 3.38. The third-order valence-corrected chi connectivity index (χ3v) is 4.17. The van der Waals surface area contributed by atoms with Gasteiger partial charge < -0.3 is 0 Å². The molecule has 1 aromatic rings. The van der Waals surface area contributed by atoms with Gasteiger partial charge in [-0.2, -0.15) is 0 Å². The zero-order valence-electron chi connectivity index (χ0n) is 9.94. The van der Waals surface area contributed by atoms with Gasteiger partial charge in [-0.25, -0.2) is 17.5 Å². The zero-order chi connectivity index (χ0) is 13.3. The topological polar surface area (TPSA) is 63.2 Å². The van der Waals surface area contributed by atoms with Crippen LogP contribution in [0.4, 0.5) is 4.39 Å². The predicted molar refractivity (Wildman–Crippen MR) is 65.3 cm³/mol. The summed E-state index contributed by atoms with van der Waals surface area (Å²) in [6, 6.07) is 4.28. The summed E-state index contributed by atoms with van der Waals surface area (Å²) in [6.07, 6.45) is 2.06. The van der Waals surface area contributed by atoms with Gasteiger partial charge in [0.15, 0.2) is 0 Å². The molecule has 1 aliphatic rings. The molecule has 0 spiro atoms. The maximum atomic E-state index is 13.5. The first-order valence-electron chi connectivity index (χ1n) is 5.77. The van der Waals surface area contributed by atoms with Crippen LogP contribution in [0.25, 0.3) is 0 Å². The minimum Gasteiger partial charge on any atom is -0.268 e. The van der Waals surface area contributed by atoms with Gasteiger partial charge in [-0.05, 0) is 43.4 Å². The van der Waals surface area contributed by atoms with Crippen LogP contribution in [-0.2, 0) is 10.0 Å². The molecule has 2 rings (SSSR count). The molecular weight excluding hydrogens is 257 g/mol. The lowest BCUT2D eigenvalue weighted by Gasteiger charge is -2.07. The summed E-state index contributed by atoms with van der Waals surface area (Å²) in [6.45, 7) is 1.41. The summed E-state index contributed by atoms with van der Waals surface area (Å²) in [4.78, 5) is 11.7. The highest BCUT2D eigenvalue weighted by Crippen LogP contribution is 2.40. The van der Waals surface area contributed by atoms with Gasteiger partial charge in [-0.3, -0.25) is 4.79 Å². The Morgan fingerprint density at radius 1 is 1.44 bits per heavy atom. The predicted octanol–water partition coefficient (Wildman–Crippen LogP) is 1.78. The second-order valence-corrected chi connectivity index (χ2v) is 6.36. The SMILES string of the molecule is CCS(=O)(=O)NC(=O)c1cc(C2CC2)ccc1F. The average Bonchev–Trinajstić information content (AvgIpc) is 3.13. The van der Waals surface area contributed by atoms with Gasteiger partial charge in [0, 0.05) is 0 Å². The van der Waals surface area contributed by atoms with Crippen LogP contribution in [0.2, 0.25) is 0 Å². The van der Waals surface area contributed by atoms with Crippen LogP contribution >= 0.6 is 0 Å². The molecule has 0 radical (unpaired) electrons. The summed E-state index contributed by atoms with van der Waals surface area (Å²) >= 11 is 0. The molecule has 1 aliphatic carbocycles. The van der Waals surface area contributed by atoms with Crippen molar-refractivity contribution in [2.45, 2.75) is 25.7 Å². The molecule has 98 valence electrons. The molecule has 0 unspecified atom stereocenters. The molecule has 0 bridgehead atoms. The number of amides is 1. The highest BCUT2D eigenvalue weighted by Gasteiger charge is 2.26. The van der Waals surface area contributed by atoms with E-state index in [1.807, 2.05) is 4.72 Å². The maximum Gasteiger partial charge on any atom is 0.267 e. The van der Waals surface area contributed by atoms with E-state index in [-0.39, 0.29) is 11.3 Å². The van der Waals surface area contributed by atoms with E-state index in [4.69, 9.17) is 0 Å². The fourth-order valence-corrected chi connectivity index (χ4v) is 2.19. The largest absolute Gasteiger partial charge is 0.268 e. The van der Waals surface area contributed by atoms with Crippen molar-refractivity contribution < 1.29 is 17.6 Å². The molecule has 0 heterocycles. The van der Waals surface area contributed by atoms with Gasteiger partial charge in [-0.15, -0.1) is 0 Å². The van der Waals surface area contributed by atoms with Crippen molar-refractivity contribution in [3.8, 4) is 0 Å². The minimum absolute atomic E-state index is 0.212. The van der Waals surface area contributed by atoms with Gasteiger partial charge in [0.2, 0.25) is 10.0 Å². The lowest BCUT2D eigenvalue weighted by atomic mass is 10.1. The summed E-state index contributed by atoms with van der Waals surface area (Å²) in [5.41, 5.74) is 0.673. The van der Waals surface area contributed by atoms with E-state index in [1.165, 1.54) is 19.1 Å². The molecule has 6 heteroatoms. The number of nitrogens with one attached hydrogen (secondary N) is 1. The molecule has 18 heavy (non-hydrogen) atoms. The highest BCUT2D eigenvalue weighted by molar-refractivity contribution is 7.90. The lowest BCUT2D eigenvalue weighted by molar-refractivity contribution is 0.0977.